The molecule has 3 aromatic rings. The normalized spacial score (nSPS) is 10.8. The first-order valence-corrected chi connectivity index (χ1v) is 5.42. The Balaban J connectivity index is 2.07. The molecule has 84 valence electrons. The maximum Gasteiger partial charge on any atom is 0.276 e. The maximum absolute atomic E-state index is 12.0. The number of aromatic amines is 1. The van der Waals surface area contributed by atoms with E-state index in [0.29, 0.717) is 17.6 Å². The van der Waals surface area contributed by atoms with Gasteiger partial charge in [-0.25, -0.2) is 9.67 Å². The van der Waals surface area contributed by atoms with Crippen molar-refractivity contribution in [1.29, 1.82) is 0 Å². The highest BCUT2D eigenvalue weighted by molar-refractivity contribution is 5.73. The summed E-state index contributed by atoms with van der Waals surface area (Å²) in [6.07, 6.45) is 1.67. The molecular weight excluding hydrogens is 214 g/mol. The van der Waals surface area contributed by atoms with Gasteiger partial charge in [0, 0.05) is 6.20 Å². The molecular formula is C13H11N3O. The first kappa shape index (κ1) is 9.84. The Labute approximate surface area is 97.5 Å². The van der Waals surface area contributed by atoms with Gasteiger partial charge in [0.05, 0.1) is 11.9 Å². The van der Waals surface area contributed by atoms with Gasteiger partial charge >= 0.3 is 0 Å². The molecule has 0 saturated heterocycles. The number of rotatable bonds is 2. The highest BCUT2D eigenvalue weighted by Crippen LogP contribution is 2.05. The van der Waals surface area contributed by atoms with E-state index in [1.807, 2.05) is 30.3 Å². The molecule has 0 atom stereocenters. The number of benzene rings is 1. The van der Waals surface area contributed by atoms with Crippen molar-refractivity contribution < 1.29 is 0 Å². The van der Waals surface area contributed by atoms with Gasteiger partial charge in [-0.15, -0.1) is 0 Å². The molecule has 0 bridgehead atoms. The van der Waals surface area contributed by atoms with Gasteiger partial charge in [0.1, 0.15) is 0 Å². The second-order valence-corrected chi connectivity index (χ2v) is 3.89. The minimum Gasteiger partial charge on any atom is -0.278 e. The van der Waals surface area contributed by atoms with Crippen LogP contribution in [0.5, 0.6) is 0 Å². The van der Waals surface area contributed by atoms with E-state index in [2.05, 4.69) is 10.1 Å². The van der Waals surface area contributed by atoms with E-state index in [1.54, 1.807) is 23.0 Å². The van der Waals surface area contributed by atoms with Crippen molar-refractivity contribution in [1.82, 2.24) is 14.8 Å². The summed E-state index contributed by atoms with van der Waals surface area (Å²) in [6.45, 7) is 0.538. The fraction of sp³-hybridized carbons (Fsp3) is 0.0769. The number of H-pyrrole nitrogens is 1. The van der Waals surface area contributed by atoms with E-state index in [1.165, 1.54) is 0 Å². The van der Waals surface area contributed by atoms with E-state index in [-0.39, 0.29) is 5.56 Å². The molecule has 17 heavy (non-hydrogen) atoms. The minimum atomic E-state index is -0.0306. The van der Waals surface area contributed by atoms with Crippen molar-refractivity contribution in [2.45, 2.75) is 6.54 Å². The van der Waals surface area contributed by atoms with E-state index >= 15 is 0 Å². The molecule has 0 spiro atoms. The molecule has 4 heteroatoms. The van der Waals surface area contributed by atoms with E-state index in [0.717, 1.165) is 5.56 Å². The van der Waals surface area contributed by atoms with Gasteiger partial charge in [-0.2, -0.15) is 0 Å². The summed E-state index contributed by atoms with van der Waals surface area (Å²) in [7, 11) is 0. The lowest BCUT2D eigenvalue weighted by Crippen LogP contribution is -2.17. The number of fused-ring (bicyclic) bond motifs is 1. The molecule has 0 aliphatic rings. The Morgan fingerprint density at radius 2 is 1.94 bits per heavy atom. The molecule has 0 unspecified atom stereocenters. The third kappa shape index (κ3) is 1.73. The van der Waals surface area contributed by atoms with Gasteiger partial charge in [-0.05, 0) is 17.7 Å². The van der Waals surface area contributed by atoms with Crippen LogP contribution >= 0.6 is 0 Å². The lowest BCUT2D eigenvalue weighted by molar-refractivity contribution is 0.670. The monoisotopic (exact) mass is 225 g/mol. The van der Waals surface area contributed by atoms with Crippen molar-refractivity contribution >= 4 is 11.0 Å². The van der Waals surface area contributed by atoms with Gasteiger partial charge in [0.15, 0.2) is 5.65 Å². The Morgan fingerprint density at radius 1 is 1.12 bits per heavy atom. The van der Waals surface area contributed by atoms with Crippen LogP contribution in [0.25, 0.3) is 11.0 Å². The van der Waals surface area contributed by atoms with Gasteiger partial charge in [0.2, 0.25) is 0 Å². The van der Waals surface area contributed by atoms with Crippen LogP contribution in [0.3, 0.4) is 0 Å². The second-order valence-electron chi connectivity index (χ2n) is 3.89. The molecule has 0 aliphatic carbocycles. The topological polar surface area (TPSA) is 50.7 Å². The number of aromatic nitrogens is 3. The van der Waals surface area contributed by atoms with Crippen molar-refractivity contribution in [3.63, 3.8) is 0 Å². The van der Waals surface area contributed by atoms with Crippen molar-refractivity contribution in [2.75, 3.05) is 0 Å². The highest BCUT2D eigenvalue weighted by atomic mass is 16.1. The summed E-state index contributed by atoms with van der Waals surface area (Å²) in [4.78, 5) is 16.2. The van der Waals surface area contributed by atoms with Crippen LogP contribution in [0.15, 0.2) is 53.5 Å². The summed E-state index contributed by atoms with van der Waals surface area (Å²) in [6, 6.07) is 13.4. The Hall–Kier alpha value is -2.36. The van der Waals surface area contributed by atoms with Crippen molar-refractivity contribution in [3.8, 4) is 0 Å². The average molecular weight is 225 g/mol. The van der Waals surface area contributed by atoms with Crippen molar-refractivity contribution in [3.05, 3.63) is 64.6 Å². The van der Waals surface area contributed by atoms with Crippen LogP contribution in [-0.2, 0) is 6.54 Å². The van der Waals surface area contributed by atoms with Crippen LogP contribution in [0, 0.1) is 0 Å². The molecule has 0 amide bonds. The van der Waals surface area contributed by atoms with Gasteiger partial charge < -0.3 is 0 Å². The van der Waals surface area contributed by atoms with Crippen LogP contribution < -0.4 is 5.56 Å². The van der Waals surface area contributed by atoms with E-state index in [9.17, 15) is 4.79 Å². The lowest BCUT2D eigenvalue weighted by Gasteiger charge is -2.00. The molecule has 1 N–H and O–H groups in total. The van der Waals surface area contributed by atoms with E-state index in [4.69, 9.17) is 0 Å². The number of pyridine rings is 1. The predicted octanol–water partition coefficient (Wildman–Crippen LogP) is 1.77. The zero-order chi connectivity index (χ0) is 11.7. The van der Waals surface area contributed by atoms with Crippen LogP contribution in [-0.4, -0.2) is 14.8 Å². The zero-order valence-corrected chi connectivity index (χ0v) is 9.13. The number of hydrogen-bond acceptors (Lipinski definition) is 2. The number of nitrogens with one attached hydrogen (secondary N) is 1. The molecule has 3 rings (SSSR count). The molecule has 0 fully saturated rings. The van der Waals surface area contributed by atoms with Gasteiger partial charge in [-0.3, -0.25) is 9.89 Å². The summed E-state index contributed by atoms with van der Waals surface area (Å²) in [5, 5.41) is 3.63. The molecule has 0 saturated carbocycles. The smallest absolute Gasteiger partial charge is 0.276 e. The summed E-state index contributed by atoms with van der Waals surface area (Å²) < 4.78 is 1.58. The number of nitrogens with zero attached hydrogens (tertiary/aromatic N) is 2. The predicted molar refractivity (Wildman–Crippen MR) is 65.9 cm³/mol. The Bertz CT molecular complexity index is 697. The van der Waals surface area contributed by atoms with Gasteiger partial charge in [-0.1, -0.05) is 30.3 Å². The third-order valence-corrected chi connectivity index (χ3v) is 2.71. The molecule has 2 heterocycles. The standard InChI is InChI=1S/C13H11N3O/c17-13-11-7-4-8-14-12(11)15-16(13)9-10-5-2-1-3-6-10/h1-8H,9H2,(H,14,15). The van der Waals surface area contributed by atoms with E-state index < -0.39 is 0 Å². The zero-order valence-electron chi connectivity index (χ0n) is 9.13. The first-order valence-electron chi connectivity index (χ1n) is 5.42. The maximum atomic E-state index is 12.0. The first-order chi connectivity index (χ1) is 8.34. The number of hydrogen-bond donors (Lipinski definition) is 1. The lowest BCUT2D eigenvalue weighted by atomic mass is 10.2. The average Bonchev–Trinajstić information content (AvgIpc) is 2.68. The van der Waals surface area contributed by atoms with Crippen LogP contribution in [0.1, 0.15) is 5.56 Å². The quantitative estimate of drug-likeness (QED) is 0.722. The Kier molecular flexibility index (Phi) is 2.26. The molecule has 4 nitrogen and oxygen atoms in total. The largest absolute Gasteiger partial charge is 0.278 e. The minimum absolute atomic E-state index is 0.0306. The van der Waals surface area contributed by atoms with Gasteiger partial charge in [0.25, 0.3) is 5.56 Å². The molecule has 0 aliphatic heterocycles. The summed E-state index contributed by atoms with van der Waals surface area (Å²) >= 11 is 0. The van der Waals surface area contributed by atoms with Crippen LogP contribution in [0.2, 0.25) is 0 Å². The Morgan fingerprint density at radius 3 is 2.71 bits per heavy atom. The summed E-state index contributed by atoms with van der Waals surface area (Å²) in [5.74, 6) is 0. The highest BCUT2D eigenvalue weighted by Gasteiger charge is 2.06. The second kappa shape index (κ2) is 3.90. The fourth-order valence-corrected chi connectivity index (χ4v) is 1.87. The van der Waals surface area contributed by atoms with Crippen LogP contribution in [0.4, 0.5) is 0 Å². The van der Waals surface area contributed by atoms with Crippen molar-refractivity contribution in [2.24, 2.45) is 0 Å². The molecule has 2 aromatic heterocycles. The summed E-state index contributed by atoms with van der Waals surface area (Å²) in [5.41, 5.74) is 1.69. The SMILES string of the molecule is O=c1c2cccnc2[nH]n1Cc1ccccc1. The molecule has 1 aromatic carbocycles. The molecule has 0 radical (unpaired) electrons. The fourth-order valence-electron chi connectivity index (χ4n) is 1.87. The third-order valence-electron chi connectivity index (χ3n) is 2.71.